The highest BCUT2D eigenvalue weighted by molar-refractivity contribution is 5.82. The average molecular weight is 1180 g/mol. The van der Waals surface area contributed by atoms with E-state index in [1.54, 1.807) is 24.3 Å². The summed E-state index contributed by atoms with van der Waals surface area (Å²) < 4.78 is 0. The molecule has 0 bridgehead atoms. The summed E-state index contributed by atoms with van der Waals surface area (Å²) in [4.78, 5) is 45.7. The number of rotatable bonds is 12. The Hall–Kier alpha value is -7.08. The topological polar surface area (TPSA) is 230 Å². The Labute approximate surface area is 511 Å². The van der Waals surface area contributed by atoms with E-state index in [0.29, 0.717) is 22.3 Å². The van der Waals surface area contributed by atoms with Crippen LogP contribution in [-0.4, -0.2) is 64.7 Å². The number of benzene rings is 4. The molecule has 0 aliphatic carbocycles. The lowest BCUT2D eigenvalue weighted by Gasteiger charge is -2.28. The maximum Gasteiger partial charge on any atom is 0.314 e. The van der Waals surface area contributed by atoms with E-state index in [2.05, 4.69) is 109 Å². The van der Waals surface area contributed by atoms with E-state index in [0.717, 1.165) is 44.5 Å². The van der Waals surface area contributed by atoms with Gasteiger partial charge in [-0.3, -0.25) is 19.2 Å². The van der Waals surface area contributed by atoms with Gasteiger partial charge in [0.2, 0.25) is 0 Å². The first-order valence-corrected chi connectivity index (χ1v) is 28.5. The highest BCUT2D eigenvalue weighted by atomic mass is 16.4. The number of hydrogen-bond donors (Lipinski definition) is 8. The van der Waals surface area contributed by atoms with E-state index >= 15 is 0 Å². The minimum atomic E-state index is -1.01. The number of carboxylic acid groups (broad SMARTS) is 4. The Morgan fingerprint density at radius 1 is 0.294 bits per heavy atom. The van der Waals surface area contributed by atoms with Gasteiger partial charge in [0.1, 0.15) is 46.7 Å². The number of aromatic hydroxyl groups is 4. The van der Waals surface area contributed by atoms with Crippen LogP contribution in [0.15, 0.2) is 99.2 Å². The lowest BCUT2D eigenvalue weighted by molar-refractivity contribution is -0.138. The van der Waals surface area contributed by atoms with Crippen molar-refractivity contribution in [3.63, 3.8) is 0 Å². The number of carboxylic acids is 4. The van der Waals surface area contributed by atoms with Gasteiger partial charge in [0.15, 0.2) is 0 Å². The number of aliphatic carboxylic acids is 4. The fourth-order valence-electron chi connectivity index (χ4n) is 9.04. The van der Waals surface area contributed by atoms with E-state index in [-0.39, 0.29) is 73.7 Å². The minimum absolute atomic E-state index is 0. The first-order chi connectivity index (χ1) is 37.6. The van der Waals surface area contributed by atoms with Gasteiger partial charge in [-0.05, 0) is 87.8 Å². The molecule has 4 atom stereocenters. The minimum Gasteiger partial charge on any atom is -0.507 e. The van der Waals surface area contributed by atoms with Gasteiger partial charge >= 0.3 is 23.9 Å². The Morgan fingerprint density at radius 3 is 0.506 bits per heavy atom. The smallest absolute Gasteiger partial charge is 0.314 e. The molecule has 0 aliphatic rings. The molecule has 4 rings (SSSR count). The van der Waals surface area contributed by atoms with Crippen LogP contribution in [0, 0.1) is 0 Å². The van der Waals surface area contributed by atoms with Gasteiger partial charge in [-0.25, -0.2) is 0 Å². The maximum absolute atomic E-state index is 11.4. The third-order valence-electron chi connectivity index (χ3n) is 14.6. The van der Waals surface area contributed by atoms with Crippen LogP contribution in [0.2, 0.25) is 0 Å². The molecule has 0 fully saturated rings. The van der Waals surface area contributed by atoms with E-state index < -0.39 is 47.5 Å². The van der Waals surface area contributed by atoms with Gasteiger partial charge in [0, 0.05) is 22.3 Å². The molecule has 0 heterocycles. The Balaban J connectivity index is 0.00000110. The normalized spacial score (nSPS) is 13.6. The predicted octanol–water partition coefficient (Wildman–Crippen LogP) is 18.0. The molecular weight excluding hydrogens is 1070 g/mol. The second kappa shape index (κ2) is 28.4. The molecular formula is C73H108O12. The molecule has 0 spiro atoms. The Bertz CT molecular complexity index is 2640. The highest BCUT2D eigenvalue weighted by Crippen LogP contribution is 2.45. The molecule has 0 radical (unpaired) electrons. The van der Waals surface area contributed by atoms with Crippen molar-refractivity contribution in [2.45, 2.75) is 241 Å². The molecule has 4 unspecified atom stereocenters. The molecule has 0 saturated heterocycles. The first-order valence-electron chi connectivity index (χ1n) is 28.5. The van der Waals surface area contributed by atoms with E-state index in [9.17, 15) is 60.0 Å². The van der Waals surface area contributed by atoms with Gasteiger partial charge in [-0.15, -0.1) is 26.3 Å². The summed E-state index contributed by atoms with van der Waals surface area (Å²) in [7, 11) is 0. The van der Waals surface area contributed by atoms with Crippen molar-refractivity contribution in [3.8, 4) is 23.0 Å². The molecule has 85 heavy (non-hydrogen) atoms. The van der Waals surface area contributed by atoms with Crippen molar-refractivity contribution in [3.05, 3.63) is 166 Å². The summed E-state index contributed by atoms with van der Waals surface area (Å²) >= 11 is 0. The summed E-state index contributed by atoms with van der Waals surface area (Å²) in [6.07, 6.45) is 5.43. The number of phenols is 4. The van der Waals surface area contributed by atoms with Gasteiger partial charge in [0.05, 0.1) is 0 Å². The molecule has 472 valence electrons. The molecule has 4 aromatic rings. The maximum atomic E-state index is 11.4. The highest BCUT2D eigenvalue weighted by Gasteiger charge is 2.34. The van der Waals surface area contributed by atoms with Crippen LogP contribution < -0.4 is 0 Å². The average Bonchev–Trinajstić information content (AvgIpc) is 3.37. The summed E-state index contributed by atoms with van der Waals surface area (Å²) in [5.41, 5.74) is 7.10. The van der Waals surface area contributed by atoms with Gasteiger partial charge in [-0.1, -0.05) is 246 Å². The summed E-state index contributed by atoms with van der Waals surface area (Å²) in [6.45, 7) is 63.2. The van der Waals surface area contributed by atoms with Crippen molar-refractivity contribution in [2.24, 2.45) is 0 Å². The molecule has 4 aromatic carbocycles. The summed E-state index contributed by atoms with van der Waals surface area (Å²) in [6, 6.07) is 15.0. The lowest BCUT2D eigenvalue weighted by atomic mass is 9.77. The van der Waals surface area contributed by atoms with Gasteiger partial charge in [-0.2, -0.15) is 0 Å². The zero-order chi connectivity index (χ0) is 66.3. The molecule has 12 nitrogen and oxygen atoms in total. The SMILES string of the molecule is C.C=CC(C(=O)O)c1cc(C(C)(C)C)cc(C(C)(C)C)c1O.C=CC(C(=O)O)c1cc(C(C)(C)C)cc(C(C)(C)C)c1O.C=CC(C(=O)O)c1cc(C(C)(C)C)cc(C(C)(C)C)c1O.C=CC(C(=O)O)c1cc(C(C)(C)C)cc(C(C)(C)C)c1O. The number of phenolic OH excluding ortho intramolecular Hbond substituents is 4. The number of hydrogen-bond acceptors (Lipinski definition) is 8. The van der Waals surface area contributed by atoms with E-state index in [1.165, 1.54) is 24.3 Å². The van der Waals surface area contributed by atoms with Crippen LogP contribution in [-0.2, 0) is 62.5 Å². The molecule has 12 heteroatoms. The van der Waals surface area contributed by atoms with Crippen molar-refractivity contribution in [1.82, 2.24) is 0 Å². The van der Waals surface area contributed by atoms with Crippen molar-refractivity contribution >= 4 is 23.9 Å². The first kappa shape index (κ1) is 77.9. The second-order valence-corrected chi connectivity index (χ2v) is 30.1. The van der Waals surface area contributed by atoms with Crippen LogP contribution in [0.25, 0.3) is 0 Å². The Morgan fingerprint density at radius 2 is 0.424 bits per heavy atom. The van der Waals surface area contributed by atoms with Gasteiger partial charge < -0.3 is 40.9 Å². The predicted molar refractivity (Wildman–Crippen MR) is 351 cm³/mol. The second-order valence-electron chi connectivity index (χ2n) is 30.1. The molecule has 0 amide bonds. The summed E-state index contributed by atoms with van der Waals surface area (Å²) in [5.74, 6) is -7.44. The molecule has 8 N–H and O–H groups in total. The van der Waals surface area contributed by atoms with Crippen LogP contribution in [0.4, 0.5) is 0 Å². The van der Waals surface area contributed by atoms with Gasteiger partial charge in [0.25, 0.3) is 0 Å². The van der Waals surface area contributed by atoms with Crippen LogP contribution >= 0.6 is 0 Å². The summed E-state index contributed by atoms with van der Waals surface area (Å²) in [5, 5.41) is 79.6. The largest absolute Gasteiger partial charge is 0.507 e. The fourth-order valence-corrected chi connectivity index (χ4v) is 9.04. The van der Waals surface area contributed by atoms with Crippen molar-refractivity contribution in [2.75, 3.05) is 0 Å². The molecule has 0 aliphatic heterocycles. The molecule has 0 saturated carbocycles. The van der Waals surface area contributed by atoms with Crippen LogP contribution in [0.1, 0.15) is 264 Å². The van der Waals surface area contributed by atoms with Crippen LogP contribution in [0.5, 0.6) is 23.0 Å². The standard InChI is InChI=1S/4C18H26O3.CH4/c4*1-8-12(16(20)21)13-9-11(17(2,3)4)10-14(15(13)19)18(5,6)7;/h4*8-10,12,19H,1H2,2-7H3,(H,20,21);1H4. The van der Waals surface area contributed by atoms with Crippen LogP contribution in [0.3, 0.4) is 0 Å². The van der Waals surface area contributed by atoms with Crippen molar-refractivity contribution < 1.29 is 60.0 Å². The Kier molecular flexibility index (Phi) is 26.0. The third kappa shape index (κ3) is 20.6. The fraction of sp³-hybridized carbons (Fsp3) is 0.507. The monoisotopic (exact) mass is 1180 g/mol. The zero-order valence-corrected chi connectivity index (χ0v) is 55.3. The van der Waals surface area contributed by atoms with Crippen molar-refractivity contribution in [1.29, 1.82) is 0 Å². The number of carbonyl (C=O) groups is 4. The lowest BCUT2D eigenvalue weighted by Crippen LogP contribution is -2.19. The van der Waals surface area contributed by atoms with E-state index in [4.69, 9.17) is 0 Å². The van der Waals surface area contributed by atoms with E-state index in [1.807, 2.05) is 107 Å². The quantitative estimate of drug-likeness (QED) is 0.0620. The molecule has 0 aromatic heterocycles. The third-order valence-corrected chi connectivity index (χ3v) is 14.6. The zero-order valence-electron chi connectivity index (χ0n) is 55.3.